The van der Waals surface area contributed by atoms with Gasteiger partial charge in [0.05, 0.1) is 4.90 Å². The van der Waals surface area contributed by atoms with Crippen molar-refractivity contribution >= 4 is 15.7 Å². The Labute approximate surface area is 146 Å². The van der Waals surface area contributed by atoms with E-state index in [-0.39, 0.29) is 16.3 Å². The number of ether oxygens (including phenoxy) is 1. The maximum absolute atomic E-state index is 12.9. The second-order valence-corrected chi connectivity index (χ2v) is 7.58. The zero-order valence-corrected chi connectivity index (χ0v) is 15.6. The molecule has 0 aliphatic heterocycles. The predicted octanol–water partition coefficient (Wildman–Crippen LogP) is 4.63. The lowest BCUT2D eigenvalue weighted by Gasteiger charge is -2.19. The van der Waals surface area contributed by atoms with Crippen molar-refractivity contribution in [1.29, 1.82) is 0 Å². The summed E-state index contributed by atoms with van der Waals surface area (Å²) in [7, 11) is -3.81. The Morgan fingerprint density at radius 1 is 0.840 bits per heavy atom. The van der Waals surface area contributed by atoms with Crippen molar-refractivity contribution in [2.75, 3.05) is 4.72 Å². The molecule has 0 heterocycles. The van der Waals surface area contributed by atoms with Crippen molar-refractivity contribution in [3.8, 4) is 5.75 Å². The third-order valence-corrected chi connectivity index (χ3v) is 6.19. The van der Waals surface area contributed by atoms with Gasteiger partial charge in [-0.2, -0.15) is 8.78 Å². The fraction of sp³-hybridized carbons (Fsp3) is 0.333. The van der Waals surface area contributed by atoms with Crippen LogP contribution in [0.15, 0.2) is 29.2 Å². The van der Waals surface area contributed by atoms with Gasteiger partial charge in [-0.15, -0.1) is 0 Å². The number of hydrogen-bond donors (Lipinski definition) is 1. The molecule has 7 heteroatoms. The Bertz CT molecular complexity index is 863. The maximum Gasteiger partial charge on any atom is 0.387 e. The van der Waals surface area contributed by atoms with E-state index in [0.29, 0.717) is 11.1 Å². The lowest BCUT2D eigenvalue weighted by Crippen LogP contribution is -2.17. The van der Waals surface area contributed by atoms with E-state index >= 15 is 0 Å². The van der Waals surface area contributed by atoms with Crippen LogP contribution in [-0.2, 0) is 10.0 Å². The Morgan fingerprint density at radius 2 is 1.28 bits per heavy atom. The third-order valence-electron chi connectivity index (χ3n) is 4.53. The first-order chi connectivity index (χ1) is 11.5. The molecule has 0 saturated carbocycles. The van der Waals surface area contributed by atoms with Crippen molar-refractivity contribution in [1.82, 2.24) is 0 Å². The number of halogens is 2. The van der Waals surface area contributed by atoms with Crippen LogP contribution in [0.5, 0.6) is 5.75 Å². The van der Waals surface area contributed by atoms with Crippen molar-refractivity contribution in [2.24, 2.45) is 0 Å². The first-order valence-electron chi connectivity index (χ1n) is 7.69. The minimum atomic E-state index is -3.81. The summed E-state index contributed by atoms with van der Waals surface area (Å²) in [6.07, 6.45) is 0. The molecule has 0 fully saturated rings. The second kappa shape index (κ2) is 7.00. The Balaban J connectivity index is 2.41. The van der Waals surface area contributed by atoms with E-state index in [4.69, 9.17) is 0 Å². The summed E-state index contributed by atoms with van der Waals surface area (Å²) in [5, 5.41) is 0. The zero-order valence-electron chi connectivity index (χ0n) is 14.8. The lowest BCUT2D eigenvalue weighted by atomic mass is 9.95. The summed E-state index contributed by atoms with van der Waals surface area (Å²) in [5.41, 5.74) is 4.61. The first kappa shape index (κ1) is 19.2. The highest BCUT2D eigenvalue weighted by atomic mass is 32.2. The van der Waals surface area contributed by atoms with Crippen molar-refractivity contribution < 1.29 is 21.9 Å². The molecule has 2 rings (SSSR count). The van der Waals surface area contributed by atoms with Crippen LogP contribution in [0.3, 0.4) is 0 Å². The topological polar surface area (TPSA) is 55.4 Å². The zero-order chi connectivity index (χ0) is 18.9. The molecule has 25 heavy (non-hydrogen) atoms. The number of rotatable bonds is 5. The van der Waals surface area contributed by atoms with E-state index in [1.165, 1.54) is 24.3 Å². The highest BCUT2D eigenvalue weighted by Gasteiger charge is 2.23. The van der Waals surface area contributed by atoms with Crippen LogP contribution in [0.4, 0.5) is 14.5 Å². The number of benzene rings is 2. The van der Waals surface area contributed by atoms with Crippen LogP contribution in [0, 0.1) is 34.6 Å². The lowest BCUT2D eigenvalue weighted by molar-refractivity contribution is -0.0498. The van der Waals surface area contributed by atoms with Gasteiger partial charge in [-0.05, 0) is 86.7 Å². The summed E-state index contributed by atoms with van der Waals surface area (Å²) in [5.74, 6) is -0.0349. The van der Waals surface area contributed by atoms with Gasteiger partial charge >= 0.3 is 6.61 Å². The molecule has 0 radical (unpaired) electrons. The molecule has 0 unspecified atom stereocenters. The molecule has 0 saturated heterocycles. The van der Waals surface area contributed by atoms with Crippen molar-refractivity contribution in [3.05, 3.63) is 52.1 Å². The molecule has 0 aliphatic carbocycles. The third kappa shape index (κ3) is 3.92. The summed E-state index contributed by atoms with van der Waals surface area (Å²) < 4.78 is 56.8. The molecule has 0 aromatic heterocycles. The molecule has 0 bridgehead atoms. The summed E-state index contributed by atoms with van der Waals surface area (Å²) in [4.78, 5) is 0.251. The van der Waals surface area contributed by atoms with Gasteiger partial charge in [-0.1, -0.05) is 0 Å². The van der Waals surface area contributed by atoms with Gasteiger partial charge in [-0.25, -0.2) is 8.42 Å². The maximum atomic E-state index is 12.9. The van der Waals surface area contributed by atoms with Crippen LogP contribution < -0.4 is 9.46 Å². The molecule has 0 amide bonds. The smallest absolute Gasteiger partial charge is 0.387 e. The average Bonchev–Trinajstić information content (AvgIpc) is 2.52. The Hall–Kier alpha value is -2.15. The van der Waals surface area contributed by atoms with Crippen molar-refractivity contribution in [3.63, 3.8) is 0 Å². The molecule has 1 N–H and O–H groups in total. The monoisotopic (exact) mass is 369 g/mol. The van der Waals surface area contributed by atoms with Crippen LogP contribution >= 0.6 is 0 Å². The Kier molecular flexibility index (Phi) is 5.37. The van der Waals surface area contributed by atoms with Gasteiger partial charge in [0.1, 0.15) is 5.75 Å². The first-order valence-corrected chi connectivity index (χ1v) is 9.17. The van der Waals surface area contributed by atoms with Gasteiger partial charge in [-0.3, -0.25) is 4.72 Å². The molecule has 0 atom stereocenters. The van der Waals surface area contributed by atoms with E-state index in [0.717, 1.165) is 16.7 Å². The minimum absolute atomic E-state index is 0.0349. The normalized spacial score (nSPS) is 11.7. The van der Waals surface area contributed by atoms with Gasteiger partial charge in [0, 0.05) is 5.69 Å². The van der Waals surface area contributed by atoms with Gasteiger partial charge in [0.25, 0.3) is 10.0 Å². The molecule has 0 aliphatic rings. The number of alkyl halides is 2. The second-order valence-electron chi connectivity index (χ2n) is 5.96. The number of sulfonamides is 1. The van der Waals surface area contributed by atoms with Crippen LogP contribution in [-0.4, -0.2) is 15.0 Å². The Morgan fingerprint density at radius 3 is 1.72 bits per heavy atom. The van der Waals surface area contributed by atoms with E-state index < -0.39 is 16.6 Å². The van der Waals surface area contributed by atoms with E-state index in [9.17, 15) is 17.2 Å². The standard InChI is InChI=1S/C18H21F2NO3S/c1-10-11(2)13(4)17(14(5)12(10)3)25(22,23)21-15-6-8-16(9-7-15)24-18(19)20/h6-9,18,21H,1-5H3. The summed E-state index contributed by atoms with van der Waals surface area (Å²) in [6, 6.07) is 5.34. The summed E-state index contributed by atoms with van der Waals surface area (Å²) >= 11 is 0. The molecule has 2 aromatic rings. The van der Waals surface area contributed by atoms with E-state index in [1.54, 1.807) is 13.8 Å². The molecule has 0 spiro atoms. The molecule has 136 valence electrons. The highest BCUT2D eigenvalue weighted by Crippen LogP contribution is 2.31. The average molecular weight is 369 g/mol. The number of hydrogen-bond acceptors (Lipinski definition) is 3. The largest absolute Gasteiger partial charge is 0.435 e. The minimum Gasteiger partial charge on any atom is -0.435 e. The van der Waals surface area contributed by atoms with E-state index in [1.807, 2.05) is 20.8 Å². The van der Waals surface area contributed by atoms with Crippen LogP contribution in [0.1, 0.15) is 27.8 Å². The van der Waals surface area contributed by atoms with E-state index in [2.05, 4.69) is 9.46 Å². The molecule has 2 aromatic carbocycles. The quantitative estimate of drug-likeness (QED) is 0.836. The molecular formula is C18H21F2NO3S. The molecular weight excluding hydrogens is 348 g/mol. The van der Waals surface area contributed by atoms with Crippen LogP contribution in [0.2, 0.25) is 0 Å². The fourth-order valence-corrected chi connectivity index (χ4v) is 4.44. The molecule has 4 nitrogen and oxygen atoms in total. The van der Waals surface area contributed by atoms with Gasteiger partial charge in [0.2, 0.25) is 0 Å². The number of nitrogens with one attached hydrogen (secondary N) is 1. The highest BCUT2D eigenvalue weighted by molar-refractivity contribution is 7.92. The SMILES string of the molecule is Cc1c(C)c(C)c(S(=O)(=O)Nc2ccc(OC(F)F)cc2)c(C)c1C. The van der Waals surface area contributed by atoms with Gasteiger partial charge in [0.15, 0.2) is 0 Å². The predicted molar refractivity (Wildman–Crippen MR) is 94.0 cm³/mol. The van der Waals surface area contributed by atoms with Gasteiger partial charge < -0.3 is 4.74 Å². The van der Waals surface area contributed by atoms with Crippen LogP contribution in [0.25, 0.3) is 0 Å². The number of anilines is 1. The fourth-order valence-electron chi connectivity index (χ4n) is 2.78. The summed E-state index contributed by atoms with van der Waals surface area (Å²) in [6.45, 7) is 6.40. The van der Waals surface area contributed by atoms with Crippen molar-refractivity contribution in [2.45, 2.75) is 46.1 Å².